The number of esters is 1. The van der Waals surface area contributed by atoms with Gasteiger partial charge in [0.25, 0.3) is 0 Å². The lowest BCUT2D eigenvalue weighted by Crippen LogP contribution is -2.45. The van der Waals surface area contributed by atoms with Gasteiger partial charge >= 0.3 is 5.97 Å². The van der Waals surface area contributed by atoms with Gasteiger partial charge in [-0.05, 0) is 89.9 Å². The highest BCUT2D eigenvalue weighted by atomic mass is 16.5. The number of carbonyl (C=O) groups excluding carboxylic acids is 2. The van der Waals surface area contributed by atoms with E-state index in [0.717, 1.165) is 51.4 Å². The standard InChI is InChI=1S/C71H133NO5/c1-3-5-7-9-11-13-15-17-18-19-20-28-31-34-37-40-43-47-51-55-59-63-69(74)68(67-73)72-70(75)64-60-56-52-48-44-41-38-35-32-29-26-24-22-21-23-25-27-30-33-36-39-42-46-50-54-58-62-66-77-71(76)65-61-57-53-49-45-16-14-12-10-8-6-4-2/h12,14,21-22,25,27,59,63,68-69,73-74H,3-11,13,15-20,23-24,26,28-58,60-62,64-67H2,1-2H3,(H,72,75)/b14-12-,22-21-,27-25-,63-59+. The summed E-state index contributed by atoms with van der Waals surface area (Å²) in [7, 11) is 0. The Morgan fingerprint density at radius 2 is 0.649 bits per heavy atom. The van der Waals surface area contributed by atoms with Gasteiger partial charge in [-0.2, -0.15) is 0 Å². The van der Waals surface area contributed by atoms with Crippen LogP contribution in [-0.2, 0) is 14.3 Å². The fourth-order valence-electron chi connectivity index (χ4n) is 10.5. The zero-order valence-corrected chi connectivity index (χ0v) is 51.7. The molecule has 0 bridgehead atoms. The molecule has 3 N–H and O–H groups in total. The number of unbranched alkanes of at least 4 members (excludes halogenated alkanes) is 47. The molecular weight excluding hydrogens is 947 g/mol. The van der Waals surface area contributed by atoms with E-state index in [1.165, 1.54) is 289 Å². The number of aliphatic hydroxyl groups is 2. The number of hydrogen-bond donors (Lipinski definition) is 3. The van der Waals surface area contributed by atoms with Gasteiger partial charge in [-0.1, -0.05) is 313 Å². The molecule has 0 saturated heterocycles. The Balaban J connectivity index is 3.46. The monoisotopic (exact) mass is 1080 g/mol. The molecule has 0 fully saturated rings. The second-order valence-corrected chi connectivity index (χ2v) is 23.5. The molecule has 452 valence electrons. The van der Waals surface area contributed by atoms with Crippen molar-refractivity contribution in [3.05, 3.63) is 48.6 Å². The van der Waals surface area contributed by atoms with E-state index in [-0.39, 0.29) is 18.5 Å². The Kier molecular flexibility index (Phi) is 64.5. The number of carbonyl (C=O) groups is 2. The summed E-state index contributed by atoms with van der Waals surface area (Å²) in [6, 6.07) is -0.632. The quantitative estimate of drug-likeness (QED) is 0.0320. The van der Waals surface area contributed by atoms with Crippen LogP contribution in [0.5, 0.6) is 0 Å². The van der Waals surface area contributed by atoms with Crippen molar-refractivity contribution in [1.82, 2.24) is 5.32 Å². The number of allylic oxidation sites excluding steroid dienone is 7. The first kappa shape index (κ1) is 74.8. The van der Waals surface area contributed by atoms with E-state index in [9.17, 15) is 19.8 Å². The smallest absolute Gasteiger partial charge is 0.305 e. The van der Waals surface area contributed by atoms with Gasteiger partial charge in [-0.3, -0.25) is 9.59 Å². The molecule has 0 radical (unpaired) electrons. The molecule has 0 aromatic heterocycles. The van der Waals surface area contributed by atoms with E-state index in [1.54, 1.807) is 6.08 Å². The Bertz CT molecular complexity index is 1290. The van der Waals surface area contributed by atoms with Crippen molar-refractivity contribution in [2.75, 3.05) is 13.2 Å². The Hall–Kier alpha value is -2.18. The molecule has 0 saturated carbocycles. The molecule has 0 aliphatic heterocycles. The average molecular weight is 1080 g/mol. The number of ether oxygens (including phenoxy) is 1. The van der Waals surface area contributed by atoms with Crippen molar-refractivity contribution < 1.29 is 24.5 Å². The van der Waals surface area contributed by atoms with E-state index in [1.807, 2.05) is 6.08 Å². The lowest BCUT2D eigenvalue weighted by atomic mass is 10.0. The number of nitrogens with one attached hydrogen (secondary N) is 1. The summed E-state index contributed by atoms with van der Waals surface area (Å²) in [5.74, 6) is -0.0682. The van der Waals surface area contributed by atoms with Gasteiger partial charge in [0.2, 0.25) is 5.91 Å². The fourth-order valence-corrected chi connectivity index (χ4v) is 10.5. The third-order valence-corrected chi connectivity index (χ3v) is 15.8. The van der Waals surface area contributed by atoms with Crippen LogP contribution in [0.4, 0.5) is 0 Å². The van der Waals surface area contributed by atoms with Crippen LogP contribution in [0.1, 0.15) is 367 Å². The van der Waals surface area contributed by atoms with Crippen LogP contribution in [-0.4, -0.2) is 47.4 Å². The van der Waals surface area contributed by atoms with E-state index in [4.69, 9.17) is 4.74 Å². The Morgan fingerprint density at radius 1 is 0.364 bits per heavy atom. The minimum absolute atomic E-state index is 0.000123. The van der Waals surface area contributed by atoms with Gasteiger partial charge < -0.3 is 20.3 Å². The molecule has 0 aromatic carbocycles. The molecule has 6 heteroatoms. The molecule has 0 aliphatic rings. The minimum Gasteiger partial charge on any atom is -0.466 e. The van der Waals surface area contributed by atoms with E-state index in [2.05, 4.69) is 55.6 Å². The SMILES string of the molecule is CCCCC/C=C\CCCCCCCC(=O)OCCCCCCCCCCC/C=C\C/C=C\CCCCCCCCCCCCCC(=O)NC(CO)C(O)/C=C/CCCCCCCCCCCCCCCCCCCCC. The predicted octanol–water partition coefficient (Wildman–Crippen LogP) is 22.1. The summed E-state index contributed by atoms with van der Waals surface area (Å²) in [5, 5.41) is 23.2. The molecule has 77 heavy (non-hydrogen) atoms. The number of aliphatic hydroxyl groups excluding tert-OH is 2. The lowest BCUT2D eigenvalue weighted by Gasteiger charge is -2.20. The number of rotatable bonds is 64. The largest absolute Gasteiger partial charge is 0.466 e. The normalized spacial score (nSPS) is 12.8. The predicted molar refractivity (Wildman–Crippen MR) is 338 cm³/mol. The van der Waals surface area contributed by atoms with Crippen LogP contribution in [0, 0.1) is 0 Å². The second kappa shape index (κ2) is 66.3. The second-order valence-electron chi connectivity index (χ2n) is 23.5. The van der Waals surface area contributed by atoms with Gasteiger partial charge in [-0.25, -0.2) is 0 Å². The van der Waals surface area contributed by atoms with Crippen LogP contribution in [0.2, 0.25) is 0 Å². The van der Waals surface area contributed by atoms with Crippen LogP contribution in [0.15, 0.2) is 48.6 Å². The maximum Gasteiger partial charge on any atom is 0.305 e. The third-order valence-electron chi connectivity index (χ3n) is 15.8. The summed E-state index contributed by atoms with van der Waals surface area (Å²) in [6.45, 7) is 4.90. The van der Waals surface area contributed by atoms with Gasteiger partial charge in [0.1, 0.15) is 0 Å². The van der Waals surface area contributed by atoms with Crippen LogP contribution in [0.3, 0.4) is 0 Å². The molecule has 2 unspecified atom stereocenters. The molecule has 0 heterocycles. The fraction of sp³-hybridized carbons (Fsp3) is 0.859. The lowest BCUT2D eigenvalue weighted by molar-refractivity contribution is -0.143. The third kappa shape index (κ3) is 62.9. The van der Waals surface area contributed by atoms with E-state index >= 15 is 0 Å². The highest BCUT2D eigenvalue weighted by Gasteiger charge is 2.18. The van der Waals surface area contributed by atoms with Gasteiger partial charge in [0.05, 0.1) is 25.4 Å². The summed E-state index contributed by atoms with van der Waals surface area (Å²) in [5.41, 5.74) is 0. The van der Waals surface area contributed by atoms with Crippen molar-refractivity contribution >= 4 is 11.9 Å². The maximum absolute atomic E-state index is 12.5. The molecule has 1 amide bonds. The number of hydrogen-bond acceptors (Lipinski definition) is 5. The molecule has 0 spiro atoms. The summed E-state index contributed by atoms with van der Waals surface area (Å²) >= 11 is 0. The van der Waals surface area contributed by atoms with Gasteiger partial charge in [0, 0.05) is 12.8 Å². The van der Waals surface area contributed by atoms with Crippen LogP contribution in [0.25, 0.3) is 0 Å². The van der Waals surface area contributed by atoms with Crippen molar-refractivity contribution in [1.29, 1.82) is 0 Å². The van der Waals surface area contributed by atoms with Crippen LogP contribution < -0.4 is 5.32 Å². The Labute approximate surface area is 480 Å². The molecule has 6 nitrogen and oxygen atoms in total. The van der Waals surface area contributed by atoms with Crippen molar-refractivity contribution in [2.45, 2.75) is 379 Å². The highest BCUT2D eigenvalue weighted by molar-refractivity contribution is 5.76. The highest BCUT2D eigenvalue weighted by Crippen LogP contribution is 2.18. The first-order valence-corrected chi connectivity index (χ1v) is 34.4. The van der Waals surface area contributed by atoms with E-state index in [0.29, 0.717) is 19.4 Å². The molecule has 2 atom stereocenters. The zero-order chi connectivity index (χ0) is 55.7. The average Bonchev–Trinajstić information content (AvgIpc) is 3.43. The summed E-state index contributed by atoms with van der Waals surface area (Å²) < 4.78 is 5.47. The minimum atomic E-state index is -0.848. The maximum atomic E-state index is 12.5. The zero-order valence-electron chi connectivity index (χ0n) is 51.7. The topological polar surface area (TPSA) is 95.9 Å². The van der Waals surface area contributed by atoms with Gasteiger partial charge in [-0.15, -0.1) is 0 Å². The Morgan fingerprint density at radius 3 is 1.03 bits per heavy atom. The first-order chi connectivity index (χ1) is 38.0. The van der Waals surface area contributed by atoms with Gasteiger partial charge in [0.15, 0.2) is 0 Å². The first-order valence-electron chi connectivity index (χ1n) is 34.4. The molecule has 0 rings (SSSR count). The van der Waals surface area contributed by atoms with Crippen molar-refractivity contribution in [2.24, 2.45) is 0 Å². The number of amides is 1. The molecule has 0 aliphatic carbocycles. The summed E-state index contributed by atoms with van der Waals surface area (Å²) in [6.07, 6.45) is 86.1. The molecular formula is C71H133NO5. The van der Waals surface area contributed by atoms with Crippen molar-refractivity contribution in [3.8, 4) is 0 Å². The molecule has 0 aromatic rings. The summed E-state index contributed by atoms with van der Waals surface area (Å²) in [4.78, 5) is 24.5. The van der Waals surface area contributed by atoms with Crippen LogP contribution >= 0.6 is 0 Å². The van der Waals surface area contributed by atoms with Crippen molar-refractivity contribution in [3.63, 3.8) is 0 Å². The van der Waals surface area contributed by atoms with E-state index < -0.39 is 12.1 Å².